The molecule has 0 rings (SSSR count). The molecule has 0 amide bonds. The van der Waals surface area contributed by atoms with Gasteiger partial charge in [-0.1, -0.05) is 64.0 Å². The number of carbonyl (C=O) groups excluding carboxylic acids is 3. The summed E-state index contributed by atoms with van der Waals surface area (Å²) >= 11 is 0. The molecule has 0 aliphatic heterocycles. The zero-order chi connectivity index (χ0) is 27.9. The number of hydrogen-bond donors (Lipinski definition) is 0. The molecule has 0 N–H and O–H groups in total. The number of esters is 2. The number of quaternary nitrogens is 1. The number of hydrogen-bond acceptors (Lipinski definition) is 7. The fraction of sp³-hybridized carbons (Fsp3) is 0.828. The molecule has 0 aliphatic rings. The molecule has 8 nitrogen and oxygen atoms in total. The summed E-state index contributed by atoms with van der Waals surface area (Å²) in [7, 11) is 5.33. The zero-order valence-corrected chi connectivity index (χ0v) is 24.1. The minimum atomic E-state index is -1.14. The van der Waals surface area contributed by atoms with E-state index in [0.717, 1.165) is 32.1 Å². The van der Waals surface area contributed by atoms with Gasteiger partial charge in [-0.2, -0.15) is 0 Å². The minimum absolute atomic E-state index is 0.0299. The first-order valence-corrected chi connectivity index (χ1v) is 14.2. The van der Waals surface area contributed by atoms with Crippen molar-refractivity contribution < 1.29 is 38.2 Å². The molecular formula is C29H53NO7. The average molecular weight is 528 g/mol. The van der Waals surface area contributed by atoms with Gasteiger partial charge in [-0.25, -0.2) is 0 Å². The van der Waals surface area contributed by atoms with Crippen LogP contribution in [0.15, 0.2) is 12.2 Å². The summed E-state index contributed by atoms with van der Waals surface area (Å²) in [5.74, 6) is -1.95. The monoisotopic (exact) mass is 527 g/mol. The van der Waals surface area contributed by atoms with Crippen molar-refractivity contribution in [2.24, 2.45) is 0 Å². The molecule has 0 spiro atoms. The molecule has 0 aromatic rings. The molecule has 2 atom stereocenters. The second kappa shape index (κ2) is 22.1. The highest BCUT2D eigenvalue weighted by Gasteiger charge is 2.25. The molecule has 0 saturated carbocycles. The number of carboxylic acids is 1. The van der Waals surface area contributed by atoms with Crippen LogP contribution in [-0.2, 0) is 28.6 Å². The van der Waals surface area contributed by atoms with Crippen LogP contribution in [0.4, 0.5) is 0 Å². The Morgan fingerprint density at radius 1 is 0.838 bits per heavy atom. The molecule has 0 aliphatic carbocycles. The van der Waals surface area contributed by atoms with Crippen molar-refractivity contribution in [1.82, 2.24) is 0 Å². The van der Waals surface area contributed by atoms with Gasteiger partial charge in [0, 0.05) is 19.8 Å². The number of rotatable bonds is 24. The van der Waals surface area contributed by atoms with E-state index in [9.17, 15) is 19.5 Å². The summed E-state index contributed by atoms with van der Waals surface area (Å²) in [4.78, 5) is 34.8. The fourth-order valence-electron chi connectivity index (χ4n) is 3.97. The first-order valence-electron chi connectivity index (χ1n) is 14.2. The lowest BCUT2D eigenvalue weighted by molar-refractivity contribution is -0.889. The van der Waals surface area contributed by atoms with Crippen LogP contribution in [0.5, 0.6) is 0 Å². The highest BCUT2D eigenvalue weighted by molar-refractivity contribution is 5.70. The fourth-order valence-corrected chi connectivity index (χ4v) is 3.97. The van der Waals surface area contributed by atoms with Crippen LogP contribution >= 0.6 is 0 Å². The van der Waals surface area contributed by atoms with E-state index in [0.29, 0.717) is 6.42 Å². The number of nitrogens with zero attached hydrogens (tertiary/aromatic N) is 1. The Hall–Kier alpha value is -1.93. The number of likely N-dealkylation sites (N-methyl/N-ethyl adjacent to an activating group) is 1. The van der Waals surface area contributed by atoms with Crippen molar-refractivity contribution in [2.45, 2.75) is 116 Å². The third-order valence-electron chi connectivity index (χ3n) is 6.21. The quantitative estimate of drug-likeness (QED) is 0.0796. The zero-order valence-electron chi connectivity index (χ0n) is 24.1. The molecule has 0 aromatic heterocycles. The molecule has 0 radical (unpaired) electrons. The summed E-state index contributed by atoms with van der Waals surface area (Å²) in [6, 6.07) is -0.717. The van der Waals surface area contributed by atoms with Gasteiger partial charge in [0.15, 0.2) is 6.10 Å². The van der Waals surface area contributed by atoms with Crippen molar-refractivity contribution in [3.8, 4) is 0 Å². The van der Waals surface area contributed by atoms with E-state index < -0.39 is 24.1 Å². The summed E-state index contributed by atoms with van der Waals surface area (Å²) < 4.78 is 16.2. The van der Waals surface area contributed by atoms with Crippen molar-refractivity contribution in [3.63, 3.8) is 0 Å². The van der Waals surface area contributed by atoms with Gasteiger partial charge in [-0.15, -0.1) is 0 Å². The topological polar surface area (TPSA) is 102 Å². The summed E-state index contributed by atoms with van der Waals surface area (Å²) in [5.41, 5.74) is 0. The highest BCUT2D eigenvalue weighted by atomic mass is 16.6. The van der Waals surface area contributed by atoms with E-state index >= 15 is 0 Å². The van der Waals surface area contributed by atoms with Gasteiger partial charge in [0.05, 0.1) is 40.3 Å². The highest BCUT2D eigenvalue weighted by Crippen LogP contribution is 2.11. The van der Waals surface area contributed by atoms with Gasteiger partial charge in [-0.05, 0) is 32.1 Å². The minimum Gasteiger partial charge on any atom is -0.544 e. The first-order chi connectivity index (χ1) is 17.6. The summed E-state index contributed by atoms with van der Waals surface area (Å²) in [6.07, 6.45) is 18.5. The lowest BCUT2D eigenvalue weighted by Gasteiger charge is -2.34. The molecule has 37 heavy (non-hydrogen) atoms. The van der Waals surface area contributed by atoms with Crippen molar-refractivity contribution >= 4 is 17.9 Å². The summed E-state index contributed by atoms with van der Waals surface area (Å²) in [5, 5.41) is 11.4. The maximum Gasteiger partial charge on any atom is 0.306 e. The van der Waals surface area contributed by atoms with Crippen LogP contribution in [0.2, 0.25) is 0 Å². The van der Waals surface area contributed by atoms with Gasteiger partial charge in [0.2, 0.25) is 0 Å². The Kier molecular flexibility index (Phi) is 20.9. The number of allylic oxidation sites excluding steroid dienone is 2. The largest absolute Gasteiger partial charge is 0.544 e. The molecule has 0 fully saturated rings. The Bertz CT molecular complexity index is 643. The molecule has 8 heteroatoms. The molecular weight excluding hydrogens is 474 g/mol. The van der Waals surface area contributed by atoms with E-state index in [1.165, 1.54) is 51.9 Å². The van der Waals surface area contributed by atoms with Crippen molar-refractivity contribution in [1.29, 1.82) is 0 Å². The van der Waals surface area contributed by atoms with E-state index in [2.05, 4.69) is 19.1 Å². The van der Waals surface area contributed by atoms with Crippen molar-refractivity contribution in [2.75, 3.05) is 41.0 Å². The maximum absolute atomic E-state index is 12.3. The van der Waals surface area contributed by atoms with E-state index in [-0.39, 0.29) is 36.7 Å². The van der Waals surface area contributed by atoms with Crippen molar-refractivity contribution in [3.05, 3.63) is 12.2 Å². The van der Waals surface area contributed by atoms with Gasteiger partial charge in [0.25, 0.3) is 0 Å². The Morgan fingerprint density at radius 3 is 1.95 bits per heavy atom. The van der Waals surface area contributed by atoms with E-state index in [1.807, 2.05) is 0 Å². The SMILES string of the molecule is CCCCCCC/C=C\CCCCCCCC(=O)OC(COCCC(C(=O)[O-])[N+](C)(C)C)COC(C)=O. The second-order valence-corrected chi connectivity index (χ2v) is 10.7. The van der Waals surface area contributed by atoms with Crippen LogP contribution in [0.25, 0.3) is 0 Å². The molecule has 0 aromatic carbocycles. The lowest BCUT2D eigenvalue weighted by atomic mass is 10.1. The average Bonchev–Trinajstić information content (AvgIpc) is 2.81. The van der Waals surface area contributed by atoms with Gasteiger partial charge in [-0.3, -0.25) is 9.59 Å². The number of ether oxygens (including phenoxy) is 3. The Labute approximate surface area is 225 Å². The predicted molar refractivity (Wildman–Crippen MR) is 144 cm³/mol. The smallest absolute Gasteiger partial charge is 0.306 e. The Balaban J connectivity index is 4.07. The third-order valence-corrected chi connectivity index (χ3v) is 6.21. The first kappa shape index (κ1) is 35.1. The molecule has 0 bridgehead atoms. The van der Waals surface area contributed by atoms with Gasteiger partial charge in [0.1, 0.15) is 12.6 Å². The van der Waals surface area contributed by atoms with Gasteiger partial charge < -0.3 is 28.6 Å². The normalized spacial score (nSPS) is 13.4. The van der Waals surface area contributed by atoms with Crippen LogP contribution in [0, 0.1) is 0 Å². The summed E-state index contributed by atoms with van der Waals surface area (Å²) in [6.45, 7) is 3.63. The van der Waals surface area contributed by atoms with Gasteiger partial charge >= 0.3 is 11.9 Å². The lowest BCUT2D eigenvalue weighted by Crippen LogP contribution is -2.55. The van der Waals surface area contributed by atoms with E-state index in [1.54, 1.807) is 21.1 Å². The molecule has 2 unspecified atom stereocenters. The Morgan fingerprint density at radius 2 is 1.41 bits per heavy atom. The predicted octanol–water partition coefficient (Wildman–Crippen LogP) is 4.34. The molecule has 0 heterocycles. The number of carbonyl (C=O) groups is 3. The van der Waals surface area contributed by atoms with Crippen LogP contribution in [0.1, 0.15) is 104 Å². The maximum atomic E-state index is 12.3. The van der Waals surface area contributed by atoms with Crippen LogP contribution in [0.3, 0.4) is 0 Å². The third kappa shape index (κ3) is 21.8. The molecule has 0 saturated heterocycles. The molecule has 216 valence electrons. The second-order valence-electron chi connectivity index (χ2n) is 10.7. The number of carboxylic acid groups (broad SMARTS) is 1. The standard InChI is InChI=1S/C29H53NO7/c1-6-7-8-9-10-11-12-13-14-15-16-17-18-19-20-28(32)37-26(24-36-25(2)31)23-35-22-21-27(29(33)34)30(3,4)5/h12-13,26-27H,6-11,14-24H2,1-5H3/b13-12-. The number of unbranched alkanes of at least 4 members (excludes halogenated alkanes) is 10. The van der Waals surface area contributed by atoms with Crippen LogP contribution < -0.4 is 5.11 Å². The number of aliphatic carboxylic acids is 1. The van der Waals surface area contributed by atoms with E-state index in [4.69, 9.17) is 14.2 Å². The van der Waals surface area contributed by atoms with Crippen LogP contribution in [-0.4, -0.2) is 75.5 Å².